The molecule has 118 valence electrons. The molecule has 0 spiro atoms. The van der Waals surface area contributed by atoms with Crippen LogP contribution in [0.3, 0.4) is 0 Å². The molecular formula is C15H16Cl2N2O3. The van der Waals surface area contributed by atoms with Crippen molar-refractivity contribution in [1.29, 1.82) is 0 Å². The average Bonchev–Trinajstić information content (AvgIpc) is 2.92. The summed E-state index contributed by atoms with van der Waals surface area (Å²) in [6.07, 6.45) is -1.36. The van der Waals surface area contributed by atoms with Gasteiger partial charge in [0.05, 0.1) is 12.2 Å². The van der Waals surface area contributed by atoms with Gasteiger partial charge in [0.2, 0.25) is 0 Å². The van der Waals surface area contributed by atoms with Gasteiger partial charge in [-0.2, -0.15) is 0 Å². The highest BCUT2D eigenvalue weighted by Gasteiger charge is 2.19. The van der Waals surface area contributed by atoms with Gasteiger partial charge in [0.1, 0.15) is 0 Å². The third-order valence-electron chi connectivity index (χ3n) is 3.05. The van der Waals surface area contributed by atoms with Crippen LogP contribution in [0.1, 0.15) is 42.9 Å². The molecule has 2 rings (SSSR count). The van der Waals surface area contributed by atoms with Gasteiger partial charge in [-0.1, -0.05) is 42.2 Å². The topological polar surface area (TPSA) is 75.4 Å². The molecule has 0 unspecified atom stereocenters. The van der Waals surface area contributed by atoms with Crippen LogP contribution in [0.15, 0.2) is 28.8 Å². The van der Waals surface area contributed by atoms with Crippen molar-refractivity contribution < 1.29 is 14.4 Å². The normalized spacial score (nSPS) is 12.5. The molecule has 1 heterocycles. The number of carbonyl (C=O) groups excluding carboxylic acids is 1. The molecule has 1 aromatic heterocycles. The Labute approximate surface area is 138 Å². The number of aliphatic hydroxyl groups is 1. The van der Waals surface area contributed by atoms with Crippen molar-refractivity contribution in [1.82, 2.24) is 10.5 Å². The molecule has 1 aromatic carbocycles. The second-order valence-corrected chi connectivity index (χ2v) is 6.07. The number of halogens is 2. The van der Waals surface area contributed by atoms with Crippen LogP contribution in [-0.4, -0.2) is 16.2 Å². The Kier molecular flexibility index (Phi) is 5.45. The highest BCUT2D eigenvalue weighted by molar-refractivity contribution is 6.34. The van der Waals surface area contributed by atoms with E-state index in [0.29, 0.717) is 21.4 Å². The fraction of sp³-hybridized carbons (Fsp3) is 0.333. The van der Waals surface area contributed by atoms with Crippen LogP contribution < -0.4 is 5.32 Å². The van der Waals surface area contributed by atoms with Crippen molar-refractivity contribution in [2.75, 3.05) is 0 Å². The van der Waals surface area contributed by atoms with Gasteiger partial charge in [0.15, 0.2) is 11.9 Å². The molecule has 0 bridgehead atoms. The minimum Gasteiger partial charge on any atom is -0.378 e. The lowest BCUT2D eigenvalue weighted by Gasteiger charge is -2.11. The number of amides is 1. The molecule has 1 amide bonds. The van der Waals surface area contributed by atoms with E-state index in [4.69, 9.17) is 27.7 Å². The first-order valence-electron chi connectivity index (χ1n) is 6.74. The summed E-state index contributed by atoms with van der Waals surface area (Å²) in [5, 5.41) is 17.2. The fourth-order valence-electron chi connectivity index (χ4n) is 1.84. The summed E-state index contributed by atoms with van der Waals surface area (Å²) >= 11 is 11.7. The number of benzene rings is 1. The number of hydrogen-bond donors (Lipinski definition) is 2. The van der Waals surface area contributed by atoms with Gasteiger partial charge in [-0.25, -0.2) is 0 Å². The smallest absolute Gasteiger partial charge is 0.253 e. The molecular weight excluding hydrogens is 327 g/mol. The predicted octanol–water partition coefficient (Wildman–Crippen LogP) is 3.45. The number of aromatic nitrogens is 1. The van der Waals surface area contributed by atoms with Crippen molar-refractivity contribution >= 4 is 29.1 Å². The number of nitrogens with zero attached hydrogens (tertiary/aromatic N) is 1. The summed E-state index contributed by atoms with van der Waals surface area (Å²) in [7, 11) is 0. The minimum atomic E-state index is -1.36. The van der Waals surface area contributed by atoms with E-state index in [1.54, 1.807) is 6.07 Å². The SMILES string of the molecule is CC(C)c1cc(CNC(=O)[C@H](O)c2cc(Cl)cc(Cl)c2)on1. The summed E-state index contributed by atoms with van der Waals surface area (Å²) in [5.74, 6) is 0.196. The summed E-state index contributed by atoms with van der Waals surface area (Å²) in [4.78, 5) is 12.0. The number of nitrogens with one attached hydrogen (secondary N) is 1. The third kappa shape index (κ3) is 4.22. The Morgan fingerprint density at radius 3 is 2.45 bits per heavy atom. The molecule has 0 aliphatic heterocycles. The van der Waals surface area contributed by atoms with E-state index in [0.717, 1.165) is 5.69 Å². The standard InChI is InChI=1S/C15H16Cl2N2O3/c1-8(2)13-6-12(22-19-13)7-18-15(21)14(20)9-3-10(16)5-11(17)4-9/h3-6,8,14,20H,7H2,1-2H3,(H,18,21)/t14-/m1/s1. The Balaban J connectivity index is 1.98. The molecule has 0 radical (unpaired) electrons. The van der Waals surface area contributed by atoms with E-state index in [1.807, 2.05) is 13.8 Å². The van der Waals surface area contributed by atoms with Crippen LogP contribution in [0.5, 0.6) is 0 Å². The molecule has 2 aromatic rings. The zero-order valence-corrected chi connectivity index (χ0v) is 13.6. The monoisotopic (exact) mass is 342 g/mol. The van der Waals surface area contributed by atoms with Crippen molar-refractivity contribution in [3.63, 3.8) is 0 Å². The highest BCUT2D eigenvalue weighted by Crippen LogP contribution is 2.23. The summed E-state index contributed by atoms with van der Waals surface area (Å²) in [6, 6.07) is 6.28. The van der Waals surface area contributed by atoms with Crippen LogP contribution in [0.4, 0.5) is 0 Å². The molecule has 0 saturated carbocycles. The van der Waals surface area contributed by atoms with Crippen molar-refractivity contribution in [2.24, 2.45) is 0 Å². The molecule has 0 fully saturated rings. The second kappa shape index (κ2) is 7.13. The van der Waals surface area contributed by atoms with Gasteiger partial charge < -0.3 is 14.9 Å². The lowest BCUT2D eigenvalue weighted by atomic mass is 10.1. The predicted molar refractivity (Wildman–Crippen MR) is 83.9 cm³/mol. The summed E-state index contributed by atoms with van der Waals surface area (Å²) < 4.78 is 5.11. The van der Waals surface area contributed by atoms with Gasteiger partial charge in [-0.05, 0) is 29.7 Å². The van der Waals surface area contributed by atoms with Crippen molar-refractivity contribution in [2.45, 2.75) is 32.4 Å². The molecule has 2 N–H and O–H groups in total. The van der Waals surface area contributed by atoms with E-state index in [1.165, 1.54) is 18.2 Å². The van der Waals surface area contributed by atoms with Crippen LogP contribution in [0, 0.1) is 0 Å². The van der Waals surface area contributed by atoms with Gasteiger partial charge in [-0.3, -0.25) is 4.79 Å². The Morgan fingerprint density at radius 1 is 1.27 bits per heavy atom. The van der Waals surface area contributed by atoms with Crippen LogP contribution in [-0.2, 0) is 11.3 Å². The molecule has 5 nitrogen and oxygen atoms in total. The Hall–Kier alpha value is -1.56. The van der Waals surface area contributed by atoms with Gasteiger partial charge >= 0.3 is 0 Å². The van der Waals surface area contributed by atoms with Crippen LogP contribution in [0.2, 0.25) is 10.0 Å². The Morgan fingerprint density at radius 2 is 1.91 bits per heavy atom. The van der Waals surface area contributed by atoms with Gasteiger partial charge in [-0.15, -0.1) is 0 Å². The van der Waals surface area contributed by atoms with Crippen molar-refractivity contribution in [3.05, 3.63) is 51.3 Å². The lowest BCUT2D eigenvalue weighted by Crippen LogP contribution is -2.28. The van der Waals surface area contributed by atoms with Gasteiger partial charge in [0.25, 0.3) is 5.91 Å². The Bertz CT molecular complexity index is 650. The zero-order chi connectivity index (χ0) is 16.3. The molecule has 1 atom stereocenters. The maximum absolute atomic E-state index is 12.0. The fourth-order valence-corrected chi connectivity index (χ4v) is 2.38. The van der Waals surface area contributed by atoms with Gasteiger partial charge in [0, 0.05) is 16.1 Å². The summed E-state index contributed by atoms with van der Waals surface area (Å²) in [5.41, 5.74) is 1.14. The number of carbonyl (C=O) groups is 1. The molecule has 7 heteroatoms. The lowest BCUT2D eigenvalue weighted by molar-refractivity contribution is -0.129. The van der Waals surface area contributed by atoms with Crippen LogP contribution in [0.25, 0.3) is 0 Å². The minimum absolute atomic E-state index is 0.143. The largest absolute Gasteiger partial charge is 0.378 e. The highest BCUT2D eigenvalue weighted by atomic mass is 35.5. The van der Waals surface area contributed by atoms with E-state index in [2.05, 4.69) is 10.5 Å². The van der Waals surface area contributed by atoms with E-state index < -0.39 is 12.0 Å². The average molecular weight is 343 g/mol. The molecule has 22 heavy (non-hydrogen) atoms. The molecule has 0 saturated heterocycles. The maximum Gasteiger partial charge on any atom is 0.253 e. The van der Waals surface area contributed by atoms with Crippen LogP contribution >= 0.6 is 23.2 Å². The zero-order valence-electron chi connectivity index (χ0n) is 12.1. The summed E-state index contributed by atoms with van der Waals surface area (Å²) in [6.45, 7) is 4.13. The first kappa shape index (κ1) is 16.8. The van der Waals surface area contributed by atoms with E-state index in [9.17, 15) is 9.90 Å². The first-order chi connectivity index (χ1) is 10.4. The number of aliphatic hydroxyl groups excluding tert-OH is 1. The molecule has 0 aliphatic carbocycles. The second-order valence-electron chi connectivity index (χ2n) is 5.20. The quantitative estimate of drug-likeness (QED) is 0.872. The number of hydrogen-bond acceptors (Lipinski definition) is 4. The molecule has 0 aliphatic rings. The van der Waals surface area contributed by atoms with Crippen molar-refractivity contribution in [3.8, 4) is 0 Å². The van der Waals surface area contributed by atoms with E-state index >= 15 is 0 Å². The first-order valence-corrected chi connectivity index (χ1v) is 7.49. The number of rotatable bonds is 5. The third-order valence-corrected chi connectivity index (χ3v) is 3.49. The van der Waals surface area contributed by atoms with E-state index in [-0.39, 0.29) is 12.5 Å². The maximum atomic E-state index is 12.0.